The van der Waals surface area contributed by atoms with Crippen LogP contribution in [0.25, 0.3) is 0 Å². The van der Waals surface area contributed by atoms with Crippen molar-refractivity contribution < 1.29 is 0 Å². The van der Waals surface area contributed by atoms with Crippen LogP contribution in [0, 0.1) is 0 Å². The molecule has 0 radical (unpaired) electrons. The van der Waals surface area contributed by atoms with Crippen LogP contribution < -0.4 is 16.6 Å². The van der Waals surface area contributed by atoms with E-state index >= 15 is 0 Å². The number of aryl methyl sites for hydroxylation is 1. The van der Waals surface area contributed by atoms with Crippen LogP contribution in [0.2, 0.25) is 0 Å². The normalized spacial score (nSPS) is 9.38. The molecular weight excluding hydrogens is 182 g/mol. The van der Waals surface area contributed by atoms with Gasteiger partial charge in [-0.2, -0.15) is 0 Å². The number of rotatable bonds is 2. The van der Waals surface area contributed by atoms with Gasteiger partial charge in [0.25, 0.3) is 0 Å². The fourth-order valence-corrected chi connectivity index (χ4v) is 1.11. The van der Waals surface area contributed by atoms with Crippen molar-refractivity contribution in [2.75, 3.05) is 5.32 Å². The molecule has 4 heteroatoms. The Labute approximate surface area is 83.3 Å². The summed E-state index contributed by atoms with van der Waals surface area (Å²) in [6, 6.07) is 8.06. The highest BCUT2D eigenvalue weighted by atomic mass is 32.1. The fourth-order valence-electron chi connectivity index (χ4n) is 0.991. The van der Waals surface area contributed by atoms with Gasteiger partial charge in [-0.25, -0.2) is 5.84 Å². The molecule has 0 unspecified atom stereocenters. The Balaban J connectivity index is 2.64. The number of nitrogens with two attached hydrogens (primary N) is 1. The molecule has 0 aliphatic carbocycles. The summed E-state index contributed by atoms with van der Waals surface area (Å²) in [6.45, 7) is 2.12. The number of benzene rings is 1. The number of hydrogen-bond acceptors (Lipinski definition) is 2. The van der Waals surface area contributed by atoms with Crippen molar-refractivity contribution >= 4 is 23.0 Å². The second-order valence-corrected chi connectivity index (χ2v) is 3.06. The van der Waals surface area contributed by atoms with Crippen LogP contribution in [0.1, 0.15) is 12.5 Å². The van der Waals surface area contributed by atoms with Crippen molar-refractivity contribution in [2.45, 2.75) is 13.3 Å². The Bertz CT molecular complexity index is 281. The average Bonchev–Trinajstić information content (AvgIpc) is 2.19. The van der Waals surface area contributed by atoms with Gasteiger partial charge >= 0.3 is 0 Å². The quantitative estimate of drug-likeness (QED) is 0.379. The van der Waals surface area contributed by atoms with E-state index in [1.165, 1.54) is 5.56 Å². The van der Waals surface area contributed by atoms with Crippen LogP contribution in [-0.4, -0.2) is 5.11 Å². The molecule has 1 rings (SSSR count). The van der Waals surface area contributed by atoms with Crippen molar-refractivity contribution in [3.05, 3.63) is 29.8 Å². The lowest BCUT2D eigenvalue weighted by Gasteiger charge is -2.06. The molecule has 3 nitrogen and oxygen atoms in total. The first kappa shape index (κ1) is 9.95. The van der Waals surface area contributed by atoms with Crippen LogP contribution in [0.3, 0.4) is 0 Å². The molecule has 0 heterocycles. The molecule has 0 fully saturated rings. The van der Waals surface area contributed by atoms with Crippen LogP contribution in [-0.2, 0) is 6.42 Å². The maximum atomic E-state index is 5.12. The highest BCUT2D eigenvalue weighted by Gasteiger charge is 1.94. The van der Waals surface area contributed by atoms with E-state index in [1.807, 2.05) is 12.1 Å². The summed E-state index contributed by atoms with van der Waals surface area (Å²) in [4.78, 5) is 0. The monoisotopic (exact) mass is 195 g/mol. The van der Waals surface area contributed by atoms with Crippen molar-refractivity contribution in [3.8, 4) is 0 Å². The first-order valence-electron chi connectivity index (χ1n) is 4.12. The lowest BCUT2D eigenvalue weighted by molar-refractivity contribution is 1.04. The lowest BCUT2D eigenvalue weighted by Crippen LogP contribution is -2.34. The molecule has 0 aliphatic rings. The Morgan fingerprint density at radius 1 is 1.38 bits per heavy atom. The molecule has 0 bridgehead atoms. The van der Waals surface area contributed by atoms with Gasteiger partial charge in [0.05, 0.1) is 0 Å². The van der Waals surface area contributed by atoms with Gasteiger partial charge in [0.15, 0.2) is 5.11 Å². The molecule has 13 heavy (non-hydrogen) atoms. The number of hydrogen-bond donors (Lipinski definition) is 3. The van der Waals surface area contributed by atoms with Crippen molar-refractivity contribution in [3.63, 3.8) is 0 Å². The SMILES string of the molecule is CCc1ccc(NC(=S)NN)cc1. The zero-order valence-corrected chi connectivity index (χ0v) is 8.32. The third-order valence-electron chi connectivity index (χ3n) is 1.75. The van der Waals surface area contributed by atoms with E-state index < -0.39 is 0 Å². The van der Waals surface area contributed by atoms with Gasteiger partial charge in [-0.15, -0.1) is 0 Å². The fraction of sp³-hybridized carbons (Fsp3) is 0.222. The van der Waals surface area contributed by atoms with E-state index in [2.05, 4.69) is 29.8 Å². The number of thiocarbonyl (C=S) groups is 1. The molecule has 0 amide bonds. The predicted octanol–water partition coefficient (Wildman–Crippen LogP) is 1.41. The van der Waals surface area contributed by atoms with Gasteiger partial charge in [-0.1, -0.05) is 19.1 Å². The van der Waals surface area contributed by atoms with Crippen LogP contribution >= 0.6 is 12.2 Å². The second-order valence-electron chi connectivity index (χ2n) is 2.65. The highest BCUT2D eigenvalue weighted by Crippen LogP contribution is 2.09. The van der Waals surface area contributed by atoms with E-state index in [0.29, 0.717) is 5.11 Å². The third-order valence-corrected chi connectivity index (χ3v) is 1.97. The van der Waals surface area contributed by atoms with Gasteiger partial charge in [0, 0.05) is 5.69 Å². The van der Waals surface area contributed by atoms with Crippen LogP contribution in [0.5, 0.6) is 0 Å². The molecular formula is C9H13N3S. The smallest absolute Gasteiger partial charge is 0.185 e. The minimum absolute atomic E-state index is 0.421. The summed E-state index contributed by atoms with van der Waals surface area (Å²) in [6.07, 6.45) is 1.04. The molecule has 4 N–H and O–H groups in total. The minimum atomic E-state index is 0.421. The topological polar surface area (TPSA) is 50.1 Å². The zero-order valence-electron chi connectivity index (χ0n) is 7.50. The summed E-state index contributed by atoms with van der Waals surface area (Å²) in [7, 11) is 0. The Morgan fingerprint density at radius 3 is 2.46 bits per heavy atom. The van der Waals surface area contributed by atoms with E-state index in [4.69, 9.17) is 18.1 Å². The van der Waals surface area contributed by atoms with Crippen LogP contribution in [0.4, 0.5) is 5.69 Å². The van der Waals surface area contributed by atoms with Gasteiger partial charge in [-0.05, 0) is 36.3 Å². The summed E-state index contributed by atoms with van der Waals surface area (Å²) < 4.78 is 0. The Morgan fingerprint density at radius 2 is 2.00 bits per heavy atom. The Kier molecular flexibility index (Phi) is 3.67. The molecule has 0 saturated heterocycles. The minimum Gasteiger partial charge on any atom is -0.332 e. The van der Waals surface area contributed by atoms with Crippen LogP contribution in [0.15, 0.2) is 24.3 Å². The maximum Gasteiger partial charge on any atom is 0.185 e. The first-order valence-corrected chi connectivity index (χ1v) is 4.53. The maximum absolute atomic E-state index is 5.12. The zero-order chi connectivity index (χ0) is 9.68. The summed E-state index contributed by atoms with van der Waals surface area (Å²) in [5.41, 5.74) is 4.61. The van der Waals surface area contributed by atoms with E-state index in [-0.39, 0.29) is 0 Å². The average molecular weight is 195 g/mol. The lowest BCUT2D eigenvalue weighted by atomic mass is 10.1. The first-order chi connectivity index (χ1) is 6.26. The number of nitrogens with one attached hydrogen (secondary N) is 2. The summed E-state index contributed by atoms with van der Waals surface area (Å²) >= 11 is 4.85. The molecule has 0 aliphatic heterocycles. The van der Waals surface area contributed by atoms with Gasteiger partial charge in [-0.3, -0.25) is 0 Å². The van der Waals surface area contributed by atoms with Crippen molar-refractivity contribution in [1.29, 1.82) is 0 Å². The Hall–Kier alpha value is -1.13. The van der Waals surface area contributed by atoms with Crippen molar-refractivity contribution in [2.24, 2.45) is 5.84 Å². The largest absolute Gasteiger partial charge is 0.332 e. The third kappa shape index (κ3) is 3.01. The number of anilines is 1. The summed E-state index contributed by atoms with van der Waals surface area (Å²) in [5.74, 6) is 5.12. The summed E-state index contributed by atoms with van der Waals surface area (Å²) in [5, 5.41) is 3.36. The molecule has 0 saturated carbocycles. The van der Waals surface area contributed by atoms with Crippen molar-refractivity contribution in [1.82, 2.24) is 5.43 Å². The molecule has 0 spiro atoms. The van der Waals surface area contributed by atoms with E-state index in [0.717, 1.165) is 12.1 Å². The predicted molar refractivity (Wildman–Crippen MR) is 59.4 cm³/mol. The van der Waals surface area contributed by atoms with Gasteiger partial charge in [0.2, 0.25) is 0 Å². The molecule has 0 atom stereocenters. The molecule has 1 aromatic carbocycles. The standard InChI is InChI=1S/C9H13N3S/c1-2-7-3-5-8(6-4-7)11-9(13)12-10/h3-6H,2,10H2,1H3,(H2,11,12,13). The van der Waals surface area contributed by atoms with E-state index in [1.54, 1.807) is 0 Å². The van der Waals surface area contributed by atoms with Gasteiger partial charge in [0.1, 0.15) is 0 Å². The molecule has 1 aromatic rings. The number of hydrazine groups is 1. The molecule has 0 aromatic heterocycles. The highest BCUT2D eigenvalue weighted by molar-refractivity contribution is 7.80. The molecule has 70 valence electrons. The van der Waals surface area contributed by atoms with Gasteiger partial charge < -0.3 is 10.7 Å². The van der Waals surface area contributed by atoms with E-state index in [9.17, 15) is 0 Å². The second kappa shape index (κ2) is 4.79.